The van der Waals surface area contributed by atoms with E-state index in [1.54, 1.807) is 0 Å². The van der Waals surface area contributed by atoms with Gasteiger partial charge in [0.2, 0.25) is 5.91 Å². The maximum atomic E-state index is 12.5. The van der Waals surface area contributed by atoms with Crippen LogP contribution < -0.4 is 21.3 Å². The van der Waals surface area contributed by atoms with Crippen molar-refractivity contribution in [3.05, 3.63) is 35.9 Å². The van der Waals surface area contributed by atoms with Crippen molar-refractivity contribution >= 4 is 11.9 Å². The molecule has 0 radical (unpaired) electrons. The SMILES string of the molecule is CC(C)C(NC(=O)NCc1ccccc1)C(=O)NCCC1CCCNC1. The number of piperidine rings is 1. The third-order valence-electron chi connectivity index (χ3n) is 4.78. The second kappa shape index (κ2) is 10.8. The molecule has 1 aromatic carbocycles. The summed E-state index contributed by atoms with van der Waals surface area (Å²) in [7, 11) is 0. The number of nitrogens with one attached hydrogen (secondary N) is 4. The number of urea groups is 1. The highest BCUT2D eigenvalue weighted by Crippen LogP contribution is 2.13. The van der Waals surface area contributed by atoms with E-state index in [2.05, 4.69) is 21.3 Å². The maximum Gasteiger partial charge on any atom is 0.315 e. The standard InChI is InChI=1S/C20H32N4O2/c1-15(2)18(19(25)22-12-10-17-9-6-11-21-13-17)24-20(26)23-14-16-7-4-3-5-8-16/h3-5,7-8,15,17-18,21H,6,9-14H2,1-2H3,(H,22,25)(H2,23,24,26). The molecule has 1 aromatic rings. The predicted octanol–water partition coefficient (Wildman–Crippen LogP) is 2.02. The summed E-state index contributed by atoms with van der Waals surface area (Å²) in [5.74, 6) is 0.538. The molecule has 6 nitrogen and oxygen atoms in total. The molecule has 2 rings (SSSR count). The zero-order valence-electron chi connectivity index (χ0n) is 15.9. The Balaban J connectivity index is 1.73. The smallest absolute Gasteiger partial charge is 0.315 e. The number of hydrogen-bond acceptors (Lipinski definition) is 3. The summed E-state index contributed by atoms with van der Waals surface area (Å²) in [6.45, 7) is 7.10. The third-order valence-corrected chi connectivity index (χ3v) is 4.78. The molecule has 6 heteroatoms. The maximum absolute atomic E-state index is 12.5. The molecule has 0 aliphatic carbocycles. The molecule has 1 fully saturated rings. The van der Waals surface area contributed by atoms with E-state index in [0.717, 1.165) is 25.1 Å². The Hall–Kier alpha value is -2.08. The van der Waals surface area contributed by atoms with E-state index in [0.29, 0.717) is 19.0 Å². The van der Waals surface area contributed by atoms with E-state index in [1.807, 2.05) is 44.2 Å². The molecule has 0 saturated carbocycles. The molecule has 3 amide bonds. The van der Waals surface area contributed by atoms with Gasteiger partial charge in [0.05, 0.1) is 0 Å². The van der Waals surface area contributed by atoms with Gasteiger partial charge in [-0.1, -0.05) is 44.2 Å². The number of carbonyl (C=O) groups is 2. The predicted molar refractivity (Wildman–Crippen MR) is 104 cm³/mol. The molecule has 1 aliphatic rings. The second-order valence-electron chi connectivity index (χ2n) is 7.33. The Morgan fingerprint density at radius 3 is 2.62 bits per heavy atom. The molecule has 26 heavy (non-hydrogen) atoms. The summed E-state index contributed by atoms with van der Waals surface area (Å²) in [5, 5.41) is 12.0. The molecule has 144 valence electrons. The molecule has 1 heterocycles. The van der Waals surface area contributed by atoms with Gasteiger partial charge in [-0.2, -0.15) is 0 Å². The lowest BCUT2D eigenvalue weighted by molar-refractivity contribution is -0.123. The van der Waals surface area contributed by atoms with Crippen molar-refractivity contribution in [1.29, 1.82) is 0 Å². The molecule has 2 unspecified atom stereocenters. The van der Waals surface area contributed by atoms with E-state index >= 15 is 0 Å². The van der Waals surface area contributed by atoms with Gasteiger partial charge in [0.15, 0.2) is 0 Å². The van der Waals surface area contributed by atoms with Crippen LogP contribution >= 0.6 is 0 Å². The lowest BCUT2D eigenvalue weighted by Crippen LogP contribution is -2.52. The van der Waals surface area contributed by atoms with Gasteiger partial charge in [-0.05, 0) is 49.8 Å². The monoisotopic (exact) mass is 360 g/mol. The van der Waals surface area contributed by atoms with Gasteiger partial charge in [-0.3, -0.25) is 4.79 Å². The van der Waals surface area contributed by atoms with Crippen molar-refractivity contribution < 1.29 is 9.59 Å². The van der Waals surface area contributed by atoms with E-state index in [9.17, 15) is 9.59 Å². The zero-order valence-corrected chi connectivity index (χ0v) is 15.9. The molecule has 4 N–H and O–H groups in total. The van der Waals surface area contributed by atoms with Crippen LogP contribution in [0.25, 0.3) is 0 Å². The van der Waals surface area contributed by atoms with Crippen LogP contribution in [-0.4, -0.2) is 37.6 Å². The van der Waals surface area contributed by atoms with Gasteiger partial charge in [-0.15, -0.1) is 0 Å². The van der Waals surface area contributed by atoms with Crippen LogP contribution in [0.3, 0.4) is 0 Å². The van der Waals surface area contributed by atoms with Gasteiger partial charge in [0.1, 0.15) is 6.04 Å². The highest BCUT2D eigenvalue weighted by atomic mass is 16.2. The minimum Gasteiger partial charge on any atom is -0.354 e. The van der Waals surface area contributed by atoms with E-state index < -0.39 is 6.04 Å². The first-order valence-electron chi connectivity index (χ1n) is 9.63. The first-order valence-corrected chi connectivity index (χ1v) is 9.63. The number of amides is 3. The molecule has 0 bridgehead atoms. The molecular weight excluding hydrogens is 328 g/mol. The fourth-order valence-electron chi connectivity index (χ4n) is 3.19. The quantitative estimate of drug-likeness (QED) is 0.572. The summed E-state index contributed by atoms with van der Waals surface area (Å²) < 4.78 is 0. The summed E-state index contributed by atoms with van der Waals surface area (Å²) in [5.41, 5.74) is 1.02. The first-order chi connectivity index (χ1) is 12.6. The van der Waals surface area contributed by atoms with Gasteiger partial charge in [-0.25, -0.2) is 4.79 Å². The van der Waals surface area contributed by atoms with Crippen molar-refractivity contribution in [2.45, 2.75) is 45.7 Å². The topological polar surface area (TPSA) is 82.3 Å². The van der Waals surface area contributed by atoms with Gasteiger partial charge >= 0.3 is 6.03 Å². The lowest BCUT2D eigenvalue weighted by atomic mass is 9.96. The van der Waals surface area contributed by atoms with Crippen molar-refractivity contribution in [3.8, 4) is 0 Å². The number of carbonyl (C=O) groups excluding carboxylic acids is 2. The Morgan fingerprint density at radius 1 is 1.19 bits per heavy atom. The molecule has 0 spiro atoms. The Labute approximate surface area is 156 Å². The fraction of sp³-hybridized carbons (Fsp3) is 0.600. The van der Waals surface area contributed by atoms with Crippen molar-refractivity contribution in [1.82, 2.24) is 21.3 Å². The van der Waals surface area contributed by atoms with Crippen LogP contribution in [-0.2, 0) is 11.3 Å². The lowest BCUT2D eigenvalue weighted by Gasteiger charge is -2.24. The van der Waals surface area contributed by atoms with Crippen LogP contribution in [0, 0.1) is 11.8 Å². The number of rotatable bonds is 8. The summed E-state index contributed by atoms with van der Waals surface area (Å²) >= 11 is 0. The van der Waals surface area contributed by atoms with E-state index in [4.69, 9.17) is 0 Å². The molecule has 1 aliphatic heterocycles. The minimum absolute atomic E-state index is 0.0221. The van der Waals surface area contributed by atoms with Crippen LogP contribution in [0.1, 0.15) is 38.7 Å². The fourth-order valence-corrected chi connectivity index (χ4v) is 3.19. The number of hydrogen-bond donors (Lipinski definition) is 4. The van der Waals surface area contributed by atoms with Gasteiger partial charge < -0.3 is 21.3 Å². The van der Waals surface area contributed by atoms with Crippen LogP contribution in [0.5, 0.6) is 0 Å². The summed E-state index contributed by atoms with van der Waals surface area (Å²) in [4.78, 5) is 24.6. The van der Waals surface area contributed by atoms with Crippen molar-refractivity contribution in [2.75, 3.05) is 19.6 Å². The Kier molecular flexibility index (Phi) is 8.41. The number of benzene rings is 1. The largest absolute Gasteiger partial charge is 0.354 e. The summed E-state index contributed by atoms with van der Waals surface area (Å²) in [6, 6.07) is 8.85. The molecule has 2 atom stereocenters. The van der Waals surface area contributed by atoms with Crippen LogP contribution in [0.2, 0.25) is 0 Å². The molecule has 0 aromatic heterocycles. The van der Waals surface area contributed by atoms with Crippen molar-refractivity contribution in [2.24, 2.45) is 11.8 Å². The molecule has 1 saturated heterocycles. The molecular formula is C20H32N4O2. The highest BCUT2D eigenvalue weighted by molar-refractivity contribution is 5.87. The van der Waals surface area contributed by atoms with Crippen LogP contribution in [0.15, 0.2) is 30.3 Å². The highest BCUT2D eigenvalue weighted by Gasteiger charge is 2.24. The zero-order chi connectivity index (χ0) is 18.8. The second-order valence-corrected chi connectivity index (χ2v) is 7.33. The minimum atomic E-state index is -0.532. The Morgan fingerprint density at radius 2 is 1.96 bits per heavy atom. The average Bonchev–Trinajstić information content (AvgIpc) is 2.65. The Bertz CT molecular complexity index is 556. The van der Waals surface area contributed by atoms with Crippen molar-refractivity contribution in [3.63, 3.8) is 0 Å². The van der Waals surface area contributed by atoms with Gasteiger partial charge in [0, 0.05) is 13.1 Å². The summed E-state index contributed by atoms with van der Waals surface area (Å²) in [6.07, 6.45) is 3.40. The van der Waals surface area contributed by atoms with Crippen LogP contribution in [0.4, 0.5) is 4.79 Å². The third kappa shape index (κ3) is 7.04. The normalized spacial score (nSPS) is 18.2. The average molecular weight is 361 g/mol. The van der Waals surface area contributed by atoms with E-state index in [-0.39, 0.29) is 17.9 Å². The first kappa shape index (κ1) is 20.2. The van der Waals surface area contributed by atoms with E-state index in [1.165, 1.54) is 12.8 Å². The van der Waals surface area contributed by atoms with Gasteiger partial charge in [0.25, 0.3) is 0 Å².